The minimum Gasteiger partial charge on any atom is -0.507 e. The van der Waals surface area contributed by atoms with E-state index in [1.807, 2.05) is 24.3 Å². The molecule has 2 rings (SSSR count). The Kier molecular flexibility index (Phi) is 2.74. The van der Waals surface area contributed by atoms with Crippen molar-refractivity contribution < 1.29 is 14.6 Å². The molecule has 15 heavy (non-hydrogen) atoms. The molecule has 0 aromatic heterocycles. The van der Waals surface area contributed by atoms with Crippen LogP contribution >= 0.6 is 0 Å². The highest BCUT2D eigenvalue weighted by atomic mass is 16.7. The maximum absolute atomic E-state index is 9.63. The van der Waals surface area contributed by atoms with Crippen molar-refractivity contribution in [1.82, 2.24) is 0 Å². The van der Waals surface area contributed by atoms with Crippen LogP contribution in [0.15, 0.2) is 36.4 Å². The molecule has 0 heterocycles. The van der Waals surface area contributed by atoms with Gasteiger partial charge in [0.2, 0.25) is 0 Å². The molecule has 0 fully saturated rings. The van der Waals surface area contributed by atoms with Crippen LogP contribution in [0, 0.1) is 0 Å². The zero-order valence-corrected chi connectivity index (χ0v) is 8.43. The summed E-state index contributed by atoms with van der Waals surface area (Å²) in [5.74, 6) is 0.973. The summed E-state index contributed by atoms with van der Waals surface area (Å²) in [5, 5.41) is 11.3. The number of phenolic OH excluding ortho intramolecular Hbond substituents is 1. The van der Waals surface area contributed by atoms with E-state index < -0.39 is 0 Å². The highest BCUT2D eigenvalue weighted by Gasteiger charge is 2.04. The molecule has 3 nitrogen and oxygen atoms in total. The second-order valence-corrected chi connectivity index (χ2v) is 3.18. The van der Waals surface area contributed by atoms with E-state index in [9.17, 15) is 5.11 Å². The van der Waals surface area contributed by atoms with Crippen molar-refractivity contribution in [2.75, 3.05) is 13.9 Å². The van der Waals surface area contributed by atoms with E-state index in [0.717, 1.165) is 10.8 Å². The van der Waals surface area contributed by atoms with Gasteiger partial charge in [-0.3, -0.25) is 0 Å². The number of hydrogen-bond donors (Lipinski definition) is 1. The van der Waals surface area contributed by atoms with E-state index in [1.54, 1.807) is 19.2 Å². The molecule has 0 saturated carbocycles. The molecular formula is C12H12O3. The van der Waals surface area contributed by atoms with Gasteiger partial charge in [0.15, 0.2) is 6.79 Å². The number of rotatable bonds is 3. The van der Waals surface area contributed by atoms with Crippen LogP contribution in [0.4, 0.5) is 0 Å². The van der Waals surface area contributed by atoms with Gasteiger partial charge in [-0.1, -0.05) is 24.3 Å². The van der Waals surface area contributed by atoms with Gasteiger partial charge in [-0.2, -0.15) is 0 Å². The van der Waals surface area contributed by atoms with Gasteiger partial charge in [0.05, 0.1) is 0 Å². The molecule has 0 unspecified atom stereocenters. The number of aromatic hydroxyl groups is 1. The highest BCUT2D eigenvalue weighted by molar-refractivity contribution is 5.92. The van der Waals surface area contributed by atoms with Crippen molar-refractivity contribution in [3.8, 4) is 11.5 Å². The van der Waals surface area contributed by atoms with Gasteiger partial charge in [0, 0.05) is 17.9 Å². The third-order valence-corrected chi connectivity index (χ3v) is 2.19. The lowest BCUT2D eigenvalue weighted by Gasteiger charge is -2.08. The smallest absolute Gasteiger partial charge is 0.188 e. The Labute approximate surface area is 87.9 Å². The first-order valence-electron chi connectivity index (χ1n) is 4.65. The zero-order valence-electron chi connectivity index (χ0n) is 8.43. The molecule has 0 aliphatic rings. The summed E-state index contributed by atoms with van der Waals surface area (Å²) < 4.78 is 10.2. The van der Waals surface area contributed by atoms with Crippen molar-refractivity contribution >= 4 is 10.8 Å². The first kappa shape index (κ1) is 9.80. The predicted octanol–water partition coefficient (Wildman–Crippen LogP) is 2.53. The summed E-state index contributed by atoms with van der Waals surface area (Å²) in [4.78, 5) is 0. The Bertz CT molecular complexity index is 465. The molecule has 0 aliphatic carbocycles. The third kappa shape index (κ3) is 1.87. The number of benzene rings is 2. The van der Waals surface area contributed by atoms with Gasteiger partial charge in [-0.15, -0.1) is 0 Å². The Morgan fingerprint density at radius 1 is 1.07 bits per heavy atom. The van der Waals surface area contributed by atoms with Gasteiger partial charge in [0.25, 0.3) is 0 Å². The standard InChI is InChI=1S/C12H12O3/c1-14-8-15-12-7-6-11(13)9-4-2-3-5-10(9)12/h2-7,13H,8H2,1H3. The molecule has 3 heteroatoms. The van der Waals surface area contributed by atoms with Crippen molar-refractivity contribution in [2.45, 2.75) is 0 Å². The molecule has 0 saturated heterocycles. The van der Waals surface area contributed by atoms with Crippen LogP contribution in [0.25, 0.3) is 10.8 Å². The van der Waals surface area contributed by atoms with Crippen LogP contribution in [0.1, 0.15) is 0 Å². The van der Waals surface area contributed by atoms with E-state index in [4.69, 9.17) is 9.47 Å². The van der Waals surface area contributed by atoms with E-state index in [0.29, 0.717) is 5.75 Å². The number of methoxy groups -OCH3 is 1. The molecule has 2 aromatic rings. The summed E-state index contributed by atoms with van der Waals surface area (Å²) in [7, 11) is 1.57. The van der Waals surface area contributed by atoms with Crippen LogP contribution in [0.5, 0.6) is 11.5 Å². The molecule has 0 spiro atoms. The quantitative estimate of drug-likeness (QED) is 0.781. The van der Waals surface area contributed by atoms with Gasteiger partial charge < -0.3 is 14.6 Å². The van der Waals surface area contributed by atoms with Gasteiger partial charge in [-0.05, 0) is 12.1 Å². The molecule has 0 aliphatic heterocycles. The minimum atomic E-state index is 0.203. The van der Waals surface area contributed by atoms with Gasteiger partial charge in [-0.25, -0.2) is 0 Å². The zero-order chi connectivity index (χ0) is 10.7. The summed E-state index contributed by atoms with van der Waals surface area (Å²) in [6, 6.07) is 10.9. The van der Waals surface area contributed by atoms with Crippen molar-refractivity contribution in [1.29, 1.82) is 0 Å². The van der Waals surface area contributed by atoms with E-state index in [2.05, 4.69) is 0 Å². The molecule has 0 bridgehead atoms. The van der Waals surface area contributed by atoms with Crippen LogP contribution < -0.4 is 4.74 Å². The predicted molar refractivity (Wildman–Crippen MR) is 58.1 cm³/mol. The fraction of sp³-hybridized carbons (Fsp3) is 0.167. The molecule has 0 atom stereocenters. The van der Waals surface area contributed by atoms with Crippen LogP contribution in [-0.2, 0) is 4.74 Å². The van der Waals surface area contributed by atoms with Gasteiger partial charge >= 0.3 is 0 Å². The van der Waals surface area contributed by atoms with Crippen molar-refractivity contribution in [2.24, 2.45) is 0 Å². The molecular weight excluding hydrogens is 192 g/mol. The third-order valence-electron chi connectivity index (χ3n) is 2.19. The minimum absolute atomic E-state index is 0.203. The monoisotopic (exact) mass is 204 g/mol. The SMILES string of the molecule is COCOc1ccc(O)c2ccccc12. The second kappa shape index (κ2) is 4.19. The largest absolute Gasteiger partial charge is 0.507 e. The number of phenols is 1. The first-order valence-corrected chi connectivity index (χ1v) is 4.65. The maximum atomic E-state index is 9.63. The van der Waals surface area contributed by atoms with Crippen molar-refractivity contribution in [3.05, 3.63) is 36.4 Å². The summed E-state index contributed by atoms with van der Waals surface area (Å²) >= 11 is 0. The molecule has 0 radical (unpaired) electrons. The van der Waals surface area contributed by atoms with Crippen LogP contribution in [0.3, 0.4) is 0 Å². The van der Waals surface area contributed by atoms with Crippen LogP contribution in [0.2, 0.25) is 0 Å². The lowest BCUT2D eigenvalue weighted by atomic mass is 10.1. The Balaban J connectivity index is 2.51. The summed E-state index contributed by atoms with van der Waals surface area (Å²) in [6.07, 6.45) is 0. The van der Waals surface area contributed by atoms with Gasteiger partial charge in [0.1, 0.15) is 11.5 Å². The maximum Gasteiger partial charge on any atom is 0.188 e. The summed E-state index contributed by atoms with van der Waals surface area (Å²) in [5.41, 5.74) is 0. The number of ether oxygens (including phenoxy) is 2. The molecule has 2 aromatic carbocycles. The Morgan fingerprint density at radius 3 is 2.53 bits per heavy atom. The lowest BCUT2D eigenvalue weighted by molar-refractivity contribution is 0.0522. The Morgan fingerprint density at radius 2 is 1.80 bits per heavy atom. The first-order chi connectivity index (χ1) is 7.33. The molecule has 1 N–H and O–H groups in total. The topological polar surface area (TPSA) is 38.7 Å². The average Bonchev–Trinajstić information content (AvgIpc) is 2.29. The van der Waals surface area contributed by atoms with E-state index >= 15 is 0 Å². The Hall–Kier alpha value is -1.74. The fourth-order valence-electron chi connectivity index (χ4n) is 1.50. The number of fused-ring (bicyclic) bond motifs is 1. The normalized spacial score (nSPS) is 10.5. The van der Waals surface area contributed by atoms with Crippen LogP contribution in [-0.4, -0.2) is 19.0 Å². The van der Waals surface area contributed by atoms with Crippen molar-refractivity contribution in [3.63, 3.8) is 0 Å². The highest BCUT2D eigenvalue weighted by Crippen LogP contribution is 2.31. The molecule has 78 valence electrons. The lowest BCUT2D eigenvalue weighted by Crippen LogP contribution is -1.99. The fourth-order valence-corrected chi connectivity index (χ4v) is 1.50. The average molecular weight is 204 g/mol. The second-order valence-electron chi connectivity index (χ2n) is 3.18. The summed E-state index contributed by atoms with van der Waals surface area (Å²) in [6.45, 7) is 0.203. The van der Waals surface area contributed by atoms with E-state index in [-0.39, 0.29) is 12.5 Å². The van der Waals surface area contributed by atoms with E-state index in [1.165, 1.54) is 0 Å². The molecule has 0 amide bonds. The number of hydrogen-bond acceptors (Lipinski definition) is 3.